The molecule has 4 nitrogen and oxygen atoms in total. The molecule has 0 saturated heterocycles. The molecule has 68 valence electrons. The van der Waals surface area contributed by atoms with E-state index in [2.05, 4.69) is 4.98 Å². The van der Waals surface area contributed by atoms with Crippen LogP contribution in [0.15, 0.2) is 5.51 Å². The Morgan fingerprint density at radius 1 is 1.85 bits per heavy atom. The molecule has 0 fully saturated rings. The minimum Gasteiger partial charge on any atom is -0.461 e. The van der Waals surface area contributed by atoms with Crippen molar-refractivity contribution in [2.75, 3.05) is 6.61 Å². The third kappa shape index (κ3) is 2.26. The van der Waals surface area contributed by atoms with Crippen molar-refractivity contribution >= 4 is 17.3 Å². The van der Waals surface area contributed by atoms with E-state index in [0.717, 1.165) is 17.8 Å². The van der Waals surface area contributed by atoms with Crippen LogP contribution in [0.3, 0.4) is 0 Å². The molecule has 0 radical (unpaired) electrons. The molecule has 1 aromatic heterocycles. The molecule has 0 bridgehead atoms. The van der Waals surface area contributed by atoms with E-state index in [1.807, 2.05) is 13.0 Å². The second kappa shape index (κ2) is 4.58. The Kier molecular flexibility index (Phi) is 3.41. The number of nitrogens with zero attached hydrogens (tertiary/aromatic N) is 2. The Hall–Kier alpha value is -1.41. The molecule has 0 aliphatic rings. The Balaban J connectivity index is 2.72. The zero-order valence-corrected chi connectivity index (χ0v) is 7.93. The molecule has 5 heteroatoms. The van der Waals surface area contributed by atoms with Crippen LogP contribution < -0.4 is 0 Å². The van der Waals surface area contributed by atoms with Crippen LogP contribution in [-0.4, -0.2) is 17.6 Å². The van der Waals surface area contributed by atoms with E-state index in [-0.39, 0.29) is 10.6 Å². The Morgan fingerprint density at radius 2 is 2.62 bits per heavy atom. The van der Waals surface area contributed by atoms with Crippen LogP contribution in [0.2, 0.25) is 0 Å². The van der Waals surface area contributed by atoms with Crippen LogP contribution in [0.1, 0.15) is 28.7 Å². The Labute approximate surface area is 79.8 Å². The lowest BCUT2D eigenvalue weighted by Crippen LogP contribution is -2.05. The SMILES string of the molecule is CCCOC(=O)c1scnc1C#N. The van der Waals surface area contributed by atoms with E-state index in [9.17, 15) is 4.79 Å². The molecule has 0 aromatic carbocycles. The molecule has 0 amide bonds. The molecule has 0 atom stereocenters. The van der Waals surface area contributed by atoms with Gasteiger partial charge in [0.15, 0.2) is 10.6 Å². The average Bonchev–Trinajstić information content (AvgIpc) is 2.61. The third-order valence-electron chi connectivity index (χ3n) is 1.30. The molecule has 1 aromatic rings. The molecule has 1 rings (SSSR count). The number of ether oxygens (including phenoxy) is 1. The summed E-state index contributed by atoms with van der Waals surface area (Å²) in [4.78, 5) is 15.2. The summed E-state index contributed by atoms with van der Waals surface area (Å²) in [6.07, 6.45) is 0.770. The molecule has 0 saturated carbocycles. The second-order valence-corrected chi connectivity index (χ2v) is 3.13. The minimum absolute atomic E-state index is 0.145. The predicted molar refractivity (Wildman–Crippen MR) is 47.4 cm³/mol. The first-order valence-corrected chi connectivity index (χ1v) is 4.68. The molecule has 13 heavy (non-hydrogen) atoms. The van der Waals surface area contributed by atoms with Crippen molar-refractivity contribution in [2.45, 2.75) is 13.3 Å². The summed E-state index contributed by atoms with van der Waals surface area (Å²) < 4.78 is 4.86. The first kappa shape index (κ1) is 9.68. The molecule has 0 aliphatic heterocycles. The van der Waals surface area contributed by atoms with Gasteiger partial charge in [0.2, 0.25) is 0 Å². The lowest BCUT2D eigenvalue weighted by Gasteiger charge is -1.99. The van der Waals surface area contributed by atoms with Gasteiger partial charge in [-0.3, -0.25) is 0 Å². The predicted octanol–water partition coefficient (Wildman–Crippen LogP) is 1.58. The number of carbonyl (C=O) groups excluding carboxylic acids is 1. The summed E-state index contributed by atoms with van der Waals surface area (Å²) in [5.41, 5.74) is 1.60. The van der Waals surface area contributed by atoms with Crippen molar-refractivity contribution in [1.82, 2.24) is 4.98 Å². The van der Waals surface area contributed by atoms with Crippen molar-refractivity contribution in [3.63, 3.8) is 0 Å². The molecular weight excluding hydrogens is 188 g/mol. The number of carbonyl (C=O) groups is 1. The Bertz CT molecular complexity index is 340. The van der Waals surface area contributed by atoms with E-state index in [0.29, 0.717) is 6.61 Å². The summed E-state index contributed by atoms with van der Waals surface area (Å²) >= 11 is 1.12. The number of nitriles is 1. The van der Waals surface area contributed by atoms with E-state index in [1.165, 1.54) is 5.51 Å². The number of hydrogen-bond acceptors (Lipinski definition) is 5. The van der Waals surface area contributed by atoms with Gasteiger partial charge in [-0.2, -0.15) is 5.26 Å². The fraction of sp³-hybridized carbons (Fsp3) is 0.375. The lowest BCUT2D eigenvalue weighted by atomic mass is 10.4. The van der Waals surface area contributed by atoms with Gasteiger partial charge in [0.1, 0.15) is 6.07 Å². The van der Waals surface area contributed by atoms with Gasteiger partial charge in [0.25, 0.3) is 0 Å². The molecule has 1 heterocycles. The monoisotopic (exact) mass is 196 g/mol. The fourth-order valence-electron chi connectivity index (χ4n) is 0.731. The van der Waals surface area contributed by atoms with Gasteiger partial charge in [-0.05, 0) is 6.42 Å². The average molecular weight is 196 g/mol. The number of aromatic nitrogens is 1. The van der Waals surface area contributed by atoms with Crippen molar-refractivity contribution in [3.8, 4) is 6.07 Å². The smallest absolute Gasteiger partial charge is 0.351 e. The summed E-state index contributed by atoms with van der Waals surface area (Å²) in [5.74, 6) is -0.457. The standard InChI is InChI=1S/C8H8N2O2S/c1-2-3-12-8(11)7-6(4-9)10-5-13-7/h5H,2-3H2,1H3. The molecule has 0 unspecified atom stereocenters. The van der Waals surface area contributed by atoms with Crippen LogP contribution >= 0.6 is 11.3 Å². The van der Waals surface area contributed by atoms with Crippen LogP contribution in [0.5, 0.6) is 0 Å². The summed E-state index contributed by atoms with van der Waals surface area (Å²) in [6, 6.07) is 1.83. The maximum absolute atomic E-state index is 11.2. The van der Waals surface area contributed by atoms with Crippen LogP contribution in [0.25, 0.3) is 0 Å². The van der Waals surface area contributed by atoms with Crippen LogP contribution in [-0.2, 0) is 4.74 Å². The first-order chi connectivity index (χ1) is 6.29. The molecule has 0 N–H and O–H groups in total. The van der Waals surface area contributed by atoms with Gasteiger partial charge in [-0.1, -0.05) is 6.92 Å². The van der Waals surface area contributed by atoms with E-state index in [1.54, 1.807) is 0 Å². The van der Waals surface area contributed by atoms with Crippen molar-refractivity contribution in [2.24, 2.45) is 0 Å². The highest BCUT2D eigenvalue weighted by Gasteiger charge is 2.15. The number of thiazole rings is 1. The van der Waals surface area contributed by atoms with Gasteiger partial charge in [-0.15, -0.1) is 11.3 Å². The summed E-state index contributed by atoms with van der Waals surface area (Å²) in [5, 5.41) is 8.57. The topological polar surface area (TPSA) is 63.0 Å². The molecular formula is C8H8N2O2S. The van der Waals surface area contributed by atoms with E-state index < -0.39 is 5.97 Å². The number of hydrogen-bond donors (Lipinski definition) is 0. The minimum atomic E-state index is -0.457. The normalized spacial score (nSPS) is 9.23. The van der Waals surface area contributed by atoms with E-state index in [4.69, 9.17) is 10.00 Å². The molecule has 0 spiro atoms. The quantitative estimate of drug-likeness (QED) is 0.688. The summed E-state index contributed by atoms with van der Waals surface area (Å²) in [6.45, 7) is 2.28. The number of rotatable bonds is 3. The maximum atomic E-state index is 11.2. The third-order valence-corrected chi connectivity index (χ3v) is 2.10. The zero-order valence-electron chi connectivity index (χ0n) is 7.11. The van der Waals surface area contributed by atoms with Crippen molar-refractivity contribution < 1.29 is 9.53 Å². The zero-order chi connectivity index (χ0) is 9.68. The molecule has 0 aliphatic carbocycles. The van der Waals surface area contributed by atoms with Gasteiger partial charge >= 0.3 is 5.97 Å². The second-order valence-electron chi connectivity index (χ2n) is 2.28. The van der Waals surface area contributed by atoms with Gasteiger partial charge in [0, 0.05) is 0 Å². The maximum Gasteiger partial charge on any atom is 0.351 e. The highest BCUT2D eigenvalue weighted by molar-refractivity contribution is 7.11. The lowest BCUT2D eigenvalue weighted by molar-refractivity contribution is 0.0510. The van der Waals surface area contributed by atoms with Gasteiger partial charge in [0.05, 0.1) is 12.1 Å². The van der Waals surface area contributed by atoms with Crippen molar-refractivity contribution in [3.05, 3.63) is 16.1 Å². The van der Waals surface area contributed by atoms with Gasteiger partial charge < -0.3 is 4.74 Å². The van der Waals surface area contributed by atoms with E-state index >= 15 is 0 Å². The van der Waals surface area contributed by atoms with Crippen LogP contribution in [0.4, 0.5) is 0 Å². The van der Waals surface area contributed by atoms with Gasteiger partial charge in [-0.25, -0.2) is 9.78 Å². The summed E-state index contributed by atoms with van der Waals surface area (Å²) in [7, 11) is 0. The highest BCUT2D eigenvalue weighted by atomic mass is 32.1. The van der Waals surface area contributed by atoms with Crippen molar-refractivity contribution in [1.29, 1.82) is 5.26 Å². The largest absolute Gasteiger partial charge is 0.461 e. The number of esters is 1. The van der Waals surface area contributed by atoms with Crippen LogP contribution in [0, 0.1) is 11.3 Å². The fourth-order valence-corrected chi connectivity index (χ4v) is 1.36. The first-order valence-electron chi connectivity index (χ1n) is 3.80. The Morgan fingerprint density at radius 3 is 3.23 bits per heavy atom. The highest BCUT2D eigenvalue weighted by Crippen LogP contribution is 2.13.